The Hall–Kier alpha value is -2.26. The van der Waals surface area contributed by atoms with Gasteiger partial charge in [0.15, 0.2) is 0 Å². The summed E-state index contributed by atoms with van der Waals surface area (Å²) < 4.78 is 11.1. The summed E-state index contributed by atoms with van der Waals surface area (Å²) in [6.45, 7) is 0. The molecule has 3 heteroatoms. The maximum absolute atomic E-state index is 5.94. The highest BCUT2D eigenvalue weighted by Crippen LogP contribution is 2.28. The Morgan fingerprint density at radius 3 is 2.45 bits per heavy atom. The van der Waals surface area contributed by atoms with Gasteiger partial charge in [-0.15, -0.1) is 0 Å². The van der Waals surface area contributed by atoms with Gasteiger partial charge >= 0.3 is 0 Å². The number of benzene rings is 2. The lowest BCUT2D eigenvalue weighted by Crippen LogP contribution is -2.16. The van der Waals surface area contributed by atoms with Crippen LogP contribution in [-0.2, 0) is 0 Å². The van der Waals surface area contributed by atoms with Crippen molar-refractivity contribution in [1.82, 2.24) is 5.32 Å². The highest BCUT2D eigenvalue weighted by molar-refractivity contribution is 5.77. The normalized spacial score (nSPS) is 12.5. The molecule has 1 N–H and O–H groups in total. The molecule has 0 saturated heterocycles. The van der Waals surface area contributed by atoms with Gasteiger partial charge in [0.05, 0.1) is 13.2 Å². The second kappa shape index (κ2) is 5.39. The minimum Gasteiger partial charge on any atom is -0.497 e. The number of rotatable bonds is 4. The fourth-order valence-corrected chi connectivity index (χ4v) is 2.41. The predicted octanol–water partition coefficient (Wildman–Crippen LogP) is 3.75. The molecule has 1 aromatic heterocycles. The molecule has 0 spiro atoms. The first-order valence-corrected chi connectivity index (χ1v) is 6.61. The summed E-state index contributed by atoms with van der Waals surface area (Å²) in [6.07, 6.45) is 0. The Labute approximate surface area is 118 Å². The van der Waals surface area contributed by atoms with E-state index in [1.165, 1.54) is 0 Å². The van der Waals surface area contributed by atoms with Crippen LogP contribution in [0.15, 0.2) is 59.0 Å². The van der Waals surface area contributed by atoms with Gasteiger partial charge in [0.2, 0.25) is 0 Å². The van der Waals surface area contributed by atoms with E-state index in [1.54, 1.807) is 7.11 Å². The maximum Gasteiger partial charge on any atom is 0.134 e. The summed E-state index contributed by atoms with van der Waals surface area (Å²) in [5, 5.41) is 4.42. The van der Waals surface area contributed by atoms with Gasteiger partial charge in [0.1, 0.15) is 17.1 Å². The molecule has 3 nitrogen and oxygen atoms in total. The van der Waals surface area contributed by atoms with E-state index in [4.69, 9.17) is 9.15 Å². The zero-order valence-electron chi connectivity index (χ0n) is 11.6. The third kappa shape index (κ3) is 2.28. The van der Waals surface area contributed by atoms with Crippen molar-refractivity contribution < 1.29 is 9.15 Å². The predicted molar refractivity (Wildman–Crippen MR) is 80.1 cm³/mol. The van der Waals surface area contributed by atoms with Gasteiger partial charge in [-0.1, -0.05) is 30.3 Å². The van der Waals surface area contributed by atoms with E-state index in [-0.39, 0.29) is 6.04 Å². The number of fused-ring (bicyclic) bond motifs is 1. The molecule has 0 saturated carbocycles. The molecule has 0 fully saturated rings. The first-order valence-electron chi connectivity index (χ1n) is 6.61. The van der Waals surface area contributed by atoms with Gasteiger partial charge < -0.3 is 14.5 Å². The van der Waals surface area contributed by atoms with E-state index < -0.39 is 0 Å². The van der Waals surface area contributed by atoms with Gasteiger partial charge in [0, 0.05) is 5.39 Å². The van der Waals surface area contributed by atoms with Crippen molar-refractivity contribution in [1.29, 1.82) is 0 Å². The molecule has 3 aromatic rings. The molecule has 1 atom stereocenters. The van der Waals surface area contributed by atoms with Crippen molar-refractivity contribution in [3.05, 3.63) is 65.9 Å². The average Bonchev–Trinajstić information content (AvgIpc) is 2.92. The zero-order valence-corrected chi connectivity index (χ0v) is 11.6. The Balaban J connectivity index is 1.99. The molecule has 0 aliphatic carbocycles. The van der Waals surface area contributed by atoms with Crippen LogP contribution >= 0.6 is 0 Å². The minimum atomic E-state index is 0.0355. The standard InChI is InChI=1S/C17H17NO2/c1-18-17(12-7-9-14(19-2)10-8-12)16-11-13-5-3-4-6-15(13)20-16/h3-11,17-18H,1-2H3. The van der Waals surface area contributed by atoms with Crippen LogP contribution in [0.3, 0.4) is 0 Å². The largest absolute Gasteiger partial charge is 0.497 e. The SMILES string of the molecule is CNC(c1ccc(OC)cc1)c1cc2ccccc2o1. The molecule has 0 amide bonds. The second-order valence-electron chi connectivity index (χ2n) is 4.68. The molecule has 0 bridgehead atoms. The fourth-order valence-electron chi connectivity index (χ4n) is 2.41. The molecule has 0 aliphatic heterocycles. The van der Waals surface area contributed by atoms with Crippen LogP contribution in [0.5, 0.6) is 5.75 Å². The number of furan rings is 1. The number of hydrogen-bond acceptors (Lipinski definition) is 3. The zero-order chi connectivity index (χ0) is 13.9. The Bertz CT molecular complexity index is 667. The van der Waals surface area contributed by atoms with Gasteiger partial charge in [-0.2, -0.15) is 0 Å². The van der Waals surface area contributed by atoms with Gasteiger partial charge in [-0.05, 0) is 36.9 Å². The third-order valence-corrected chi connectivity index (χ3v) is 3.47. The molecule has 20 heavy (non-hydrogen) atoms. The molecule has 0 aliphatic rings. The first-order chi connectivity index (χ1) is 9.81. The van der Waals surface area contributed by atoms with Crippen LogP contribution in [0.4, 0.5) is 0 Å². The van der Waals surface area contributed by atoms with Crippen molar-refractivity contribution in [2.75, 3.05) is 14.2 Å². The first kappa shape index (κ1) is 12.8. The minimum absolute atomic E-state index is 0.0355. The number of nitrogens with one attached hydrogen (secondary N) is 1. The summed E-state index contributed by atoms with van der Waals surface area (Å²) in [5.74, 6) is 1.77. The van der Waals surface area contributed by atoms with E-state index in [9.17, 15) is 0 Å². The second-order valence-corrected chi connectivity index (χ2v) is 4.68. The van der Waals surface area contributed by atoms with Crippen molar-refractivity contribution in [2.24, 2.45) is 0 Å². The summed E-state index contributed by atoms with van der Waals surface area (Å²) in [5.41, 5.74) is 2.06. The molecule has 1 unspecified atom stereocenters. The lowest BCUT2D eigenvalue weighted by Gasteiger charge is -2.14. The van der Waals surface area contributed by atoms with E-state index in [1.807, 2.05) is 49.5 Å². The molecular formula is C17H17NO2. The Morgan fingerprint density at radius 1 is 1.05 bits per heavy atom. The topological polar surface area (TPSA) is 34.4 Å². The number of methoxy groups -OCH3 is 1. The lowest BCUT2D eigenvalue weighted by atomic mass is 10.0. The molecule has 102 valence electrons. The van der Waals surface area contributed by atoms with Gasteiger partial charge in [-0.3, -0.25) is 0 Å². The summed E-state index contributed by atoms with van der Waals surface area (Å²) in [4.78, 5) is 0. The maximum atomic E-state index is 5.94. The van der Waals surface area contributed by atoms with Gasteiger partial charge in [-0.25, -0.2) is 0 Å². The summed E-state index contributed by atoms with van der Waals surface area (Å²) in [7, 11) is 3.60. The van der Waals surface area contributed by atoms with Crippen molar-refractivity contribution in [3.8, 4) is 5.75 Å². The fraction of sp³-hybridized carbons (Fsp3) is 0.176. The Kier molecular flexibility index (Phi) is 3.44. The van der Waals surface area contributed by atoms with E-state index in [0.717, 1.165) is 28.0 Å². The summed E-state index contributed by atoms with van der Waals surface area (Å²) in [6, 6.07) is 18.2. The highest BCUT2D eigenvalue weighted by Gasteiger charge is 2.16. The Morgan fingerprint density at radius 2 is 1.80 bits per heavy atom. The number of para-hydroxylation sites is 1. The van der Waals surface area contributed by atoms with Crippen LogP contribution in [-0.4, -0.2) is 14.2 Å². The van der Waals surface area contributed by atoms with E-state index in [0.29, 0.717) is 0 Å². The van der Waals surface area contributed by atoms with Crippen molar-refractivity contribution >= 4 is 11.0 Å². The number of hydrogen-bond donors (Lipinski definition) is 1. The molecule has 0 radical (unpaired) electrons. The van der Waals surface area contributed by atoms with Crippen molar-refractivity contribution in [3.63, 3.8) is 0 Å². The third-order valence-electron chi connectivity index (χ3n) is 3.47. The quantitative estimate of drug-likeness (QED) is 0.781. The van der Waals surface area contributed by atoms with Crippen molar-refractivity contribution in [2.45, 2.75) is 6.04 Å². The lowest BCUT2D eigenvalue weighted by molar-refractivity contribution is 0.414. The number of ether oxygens (including phenoxy) is 1. The van der Waals surface area contributed by atoms with Crippen LogP contribution in [0, 0.1) is 0 Å². The average molecular weight is 267 g/mol. The van der Waals surface area contributed by atoms with E-state index >= 15 is 0 Å². The molecule has 1 heterocycles. The van der Waals surface area contributed by atoms with Crippen LogP contribution in [0.1, 0.15) is 17.4 Å². The van der Waals surface area contributed by atoms with Crippen LogP contribution < -0.4 is 10.1 Å². The smallest absolute Gasteiger partial charge is 0.134 e. The van der Waals surface area contributed by atoms with E-state index in [2.05, 4.69) is 17.4 Å². The molecule has 3 rings (SSSR count). The monoisotopic (exact) mass is 267 g/mol. The van der Waals surface area contributed by atoms with Gasteiger partial charge in [0.25, 0.3) is 0 Å². The highest BCUT2D eigenvalue weighted by atomic mass is 16.5. The molecular weight excluding hydrogens is 250 g/mol. The van der Waals surface area contributed by atoms with Crippen LogP contribution in [0.25, 0.3) is 11.0 Å². The molecule has 2 aromatic carbocycles. The van der Waals surface area contributed by atoms with Crippen LogP contribution in [0.2, 0.25) is 0 Å². The summed E-state index contributed by atoms with van der Waals surface area (Å²) >= 11 is 0.